The van der Waals surface area contributed by atoms with E-state index in [1.54, 1.807) is 12.1 Å². The number of carbonyl (C=O) groups excluding carboxylic acids is 2. The summed E-state index contributed by atoms with van der Waals surface area (Å²) in [6.07, 6.45) is 2.39. The van der Waals surface area contributed by atoms with E-state index < -0.39 is 0 Å². The van der Waals surface area contributed by atoms with E-state index in [1.807, 2.05) is 54.6 Å². The summed E-state index contributed by atoms with van der Waals surface area (Å²) in [5, 5.41) is 0. The number of ether oxygens (including phenoxy) is 2. The molecule has 0 N–H and O–H groups in total. The number of fused-ring (bicyclic) bond motifs is 1. The van der Waals surface area contributed by atoms with Gasteiger partial charge in [0.15, 0.2) is 11.5 Å². The van der Waals surface area contributed by atoms with Gasteiger partial charge in [-0.2, -0.15) is 0 Å². The SMILES string of the molecule is O=Cc1ccc(CC(C=O)c2ccc(-c3ccc4c(c3)OCO4)cc2)cc1. The third kappa shape index (κ3) is 3.60. The molecule has 4 rings (SSSR count). The lowest BCUT2D eigenvalue weighted by molar-refractivity contribution is -0.109. The van der Waals surface area contributed by atoms with Gasteiger partial charge in [-0.15, -0.1) is 0 Å². The molecule has 1 aliphatic rings. The Bertz CT molecular complexity index is 959. The zero-order valence-electron chi connectivity index (χ0n) is 14.6. The molecule has 3 aromatic carbocycles. The predicted octanol–water partition coefficient (Wildman–Crippen LogP) is 4.42. The third-order valence-electron chi connectivity index (χ3n) is 4.78. The van der Waals surface area contributed by atoms with E-state index in [9.17, 15) is 9.59 Å². The highest BCUT2D eigenvalue weighted by molar-refractivity contribution is 5.74. The lowest BCUT2D eigenvalue weighted by atomic mass is 9.91. The first-order chi connectivity index (χ1) is 13.3. The number of carbonyl (C=O) groups is 2. The van der Waals surface area contributed by atoms with E-state index in [0.717, 1.165) is 46.3 Å². The zero-order valence-corrected chi connectivity index (χ0v) is 14.6. The molecule has 1 aliphatic heterocycles. The average Bonchev–Trinajstić information content (AvgIpc) is 3.20. The minimum absolute atomic E-state index is 0.224. The molecule has 0 bridgehead atoms. The Morgan fingerprint density at radius 1 is 0.815 bits per heavy atom. The Morgan fingerprint density at radius 3 is 2.22 bits per heavy atom. The first kappa shape index (κ1) is 17.0. The topological polar surface area (TPSA) is 52.6 Å². The second-order valence-corrected chi connectivity index (χ2v) is 6.50. The van der Waals surface area contributed by atoms with Gasteiger partial charge in [-0.05, 0) is 40.8 Å². The lowest BCUT2D eigenvalue weighted by Crippen LogP contribution is -2.04. The molecule has 0 amide bonds. The molecule has 4 heteroatoms. The van der Waals surface area contributed by atoms with E-state index >= 15 is 0 Å². The van der Waals surface area contributed by atoms with Crippen LogP contribution >= 0.6 is 0 Å². The van der Waals surface area contributed by atoms with Crippen molar-refractivity contribution in [3.05, 3.63) is 83.4 Å². The van der Waals surface area contributed by atoms with Crippen LogP contribution in [0.4, 0.5) is 0 Å². The molecule has 0 aromatic heterocycles. The Hall–Kier alpha value is -3.40. The van der Waals surface area contributed by atoms with Gasteiger partial charge in [0.1, 0.15) is 12.6 Å². The van der Waals surface area contributed by atoms with Crippen LogP contribution in [0.5, 0.6) is 11.5 Å². The summed E-state index contributed by atoms with van der Waals surface area (Å²) in [5.41, 5.74) is 4.72. The van der Waals surface area contributed by atoms with Crippen LogP contribution < -0.4 is 9.47 Å². The number of hydrogen-bond donors (Lipinski definition) is 0. The highest BCUT2D eigenvalue weighted by Crippen LogP contribution is 2.36. The number of rotatable bonds is 6. The van der Waals surface area contributed by atoms with Crippen LogP contribution in [0, 0.1) is 0 Å². The van der Waals surface area contributed by atoms with Gasteiger partial charge >= 0.3 is 0 Å². The molecule has 0 fully saturated rings. The molecule has 0 radical (unpaired) electrons. The van der Waals surface area contributed by atoms with Crippen LogP contribution in [-0.4, -0.2) is 19.4 Å². The van der Waals surface area contributed by atoms with Crippen LogP contribution in [0.2, 0.25) is 0 Å². The highest BCUT2D eigenvalue weighted by atomic mass is 16.7. The summed E-state index contributed by atoms with van der Waals surface area (Å²) in [6.45, 7) is 0.257. The molecular weight excluding hydrogens is 340 g/mol. The standard InChI is InChI=1S/C23H18O4/c24-13-17-3-1-16(2-4-17)11-21(14-25)19-7-5-18(6-8-19)20-9-10-22-23(12-20)27-15-26-22/h1-10,12-14,21H,11,15H2. The molecule has 4 nitrogen and oxygen atoms in total. The van der Waals surface area contributed by atoms with Crippen molar-refractivity contribution in [2.45, 2.75) is 12.3 Å². The van der Waals surface area contributed by atoms with Crippen molar-refractivity contribution in [2.24, 2.45) is 0 Å². The quantitative estimate of drug-likeness (QED) is 0.612. The molecule has 3 aromatic rings. The van der Waals surface area contributed by atoms with Gasteiger partial charge in [0.2, 0.25) is 6.79 Å². The van der Waals surface area contributed by atoms with Gasteiger partial charge in [0.25, 0.3) is 0 Å². The smallest absolute Gasteiger partial charge is 0.231 e. The largest absolute Gasteiger partial charge is 0.454 e. The van der Waals surface area contributed by atoms with Crippen molar-refractivity contribution in [3.8, 4) is 22.6 Å². The van der Waals surface area contributed by atoms with Crippen molar-refractivity contribution in [2.75, 3.05) is 6.79 Å². The summed E-state index contributed by atoms with van der Waals surface area (Å²) < 4.78 is 10.8. The molecule has 27 heavy (non-hydrogen) atoms. The van der Waals surface area contributed by atoms with E-state index in [1.165, 1.54) is 0 Å². The third-order valence-corrected chi connectivity index (χ3v) is 4.78. The van der Waals surface area contributed by atoms with Gasteiger partial charge in [-0.3, -0.25) is 4.79 Å². The van der Waals surface area contributed by atoms with E-state index in [0.29, 0.717) is 12.0 Å². The van der Waals surface area contributed by atoms with Gasteiger partial charge in [-0.25, -0.2) is 0 Å². The lowest BCUT2D eigenvalue weighted by Gasteiger charge is -2.12. The Balaban J connectivity index is 1.52. The number of aldehydes is 2. The van der Waals surface area contributed by atoms with Gasteiger partial charge < -0.3 is 14.3 Å². The average molecular weight is 358 g/mol. The molecule has 0 saturated heterocycles. The first-order valence-electron chi connectivity index (χ1n) is 8.76. The van der Waals surface area contributed by atoms with E-state index in [4.69, 9.17) is 9.47 Å². The van der Waals surface area contributed by atoms with Crippen LogP contribution in [0.1, 0.15) is 27.4 Å². The fraction of sp³-hybridized carbons (Fsp3) is 0.130. The molecule has 1 atom stereocenters. The van der Waals surface area contributed by atoms with Crippen molar-refractivity contribution >= 4 is 12.6 Å². The van der Waals surface area contributed by atoms with Gasteiger partial charge in [0.05, 0.1) is 0 Å². The molecule has 1 heterocycles. The zero-order chi connectivity index (χ0) is 18.6. The molecule has 0 aliphatic carbocycles. The minimum Gasteiger partial charge on any atom is -0.454 e. The van der Waals surface area contributed by atoms with Crippen molar-refractivity contribution in [3.63, 3.8) is 0 Å². The van der Waals surface area contributed by atoms with Crippen LogP contribution in [0.3, 0.4) is 0 Å². The van der Waals surface area contributed by atoms with E-state index in [2.05, 4.69) is 0 Å². The second-order valence-electron chi connectivity index (χ2n) is 6.50. The molecule has 0 saturated carbocycles. The Morgan fingerprint density at radius 2 is 1.52 bits per heavy atom. The highest BCUT2D eigenvalue weighted by Gasteiger charge is 2.15. The van der Waals surface area contributed by atoms with Gasteiger partial charge in [-0.1, -0.05) is 54.6 Å². The number of hydrogen-bond acceptors (Lipinski definition) is 4. The molecular formula is C23H18O4. The Labute approximate surface area is 157 Å². The maximum absolute atomic E-state index is 11.6. The molecule has 134 valence electrons. The van der Waals surface area contributed by atoms with Crippen molar-refractivity contribution in [1.82, 2.24) is 0 Å². The fourth-order valence-corrected chi connectivity index (χ4v) is 3.23. The predicted molar refractivity (Wildman–Crippen MR) is 102 cm³/mol. The van der Waals surface area contributed by atoms with Crippen molar-refractivity contribution in [1.29, 1.82) is 0 Å². The van der Waals surface area contributed by atoms with Gasteiger partial charge in [0, 0.05) is 11.5 Å². The second kappa shape index (κ2) is 7.46. The normalized spacial score (nSPS) is 13.2. The van der Waals surface area contributed by atoms with Crippen molar-refractivity contribution < 1.29 is 19.1 Å². The summed E-state index contributed by atoms with van der Waals surface area (Å²) >= 11 is 0. The molecule has 1 unspecified atom stereocenters. The number of benzene rings is 3. The minimum atomic E-state index is -0.224. The summed E-state index contributed by atoms with van der Waals surface area (Å²) in [7, 11) is 0. The van der Waals surface area contributed by atoms with Crippen LogP contribution in [0.25, 0.3) is 11.1 Å². The van der Waals surface area contributed by atoms with Crippen LogP contribution in [-0.2, 0) is 11.2 Å². The summed E-state index contributed by atoms with van der Waals surface area (Å²) in [5.74, 6) is 1.29. The maximum atomic E-state index is 11.6. The first-order valence-corrected chi connectivity index (χ1v) is 8.76. The monoisotopic (exact) mass is 358 g/mol. The van der Waals surface area contributed by atoms with E-state index in [-0.39, 0.29) is 12.7 Å². The fourth-order valence-electron chi connectivity index (χ4n) is 3.23. The Kier molecular flexibility index (Phi) is 4.71. The molecule has 0 spiro atoms. The maximum Gasteiger partial charge on any atom is 0.231 e. The summed E-state index contributed by atoms with van der Waals surface area (Å²) in [6, 6.07) is 21.2. The summed E-state index contributed by atoms with van der Waals surface area (Å²) in [4.78, 5) is 22.4. The van der Waals surface area contributed by atoms with Crippen LogP contribution in [0.15, 0.2) is 66.7 Å².